The van der Waals surface area contributed by atoms with Crippen molar-refractivity contribution in [1.82, 2.24) is 4.98 Å². The minimum Gasteiger partial charge on any atom is -0.390 e. The lowest BCUT2D eigenvalue weighted by atomic mass is 9.73. The van der Waals surface area contributed by atoms with E-state index in [2.05, 4.69) is 38.8 Å². The zero-order valence-corrected chi connectivity index (χ0v) is 14.8. The first-order valence-corrected chi connectivity index (χ1v) is 8.65. The number of nitrogens with zero attached hydrogens (tertiary/aromatic N) is 2. The first-order chi connectivity index (χ1) is 10.5. The molecular formula is C16H24BrN3O2. The molecule has 1 spiro atoms. The van der Waals surface area contributed by atoms with Crippen molar-refractivity contribution in [2.24, 2.45) is 11.1 Å². The van der Waals surface area contributed by atoms with Gasteiger partial charge in [-0.15, -0.1) is 0 Å². The number of pyridine rings is 1. The molecule has 0 aliphatic carbocycles. The lowest BCUT2D eigenvalue weighted by Crippen LogP contribution is -2.50. The maximum absolute atomic E-state index is 9.60. The predicted octanol–water partition coefficient (Wildman–Crippen LogP) is 1.98. The smallest absolute Gasteiger partial charge is 0.109 e. The van der Waals surface area contributed by atoms with Gasteiger partial charge in [-0.25, -0.2) is 4.98 Å². The van der Waals surface area contributed by atoms with Crippen molar-refractivity contribution < 1.29 is 9.84 Å². The second kappa shape index (κ2) is 6.07. The van der Waals surface area contributed by atoms with Gasteiger partial charge in [0.1, 0.15) is 4.60 Å². The van der Waals surface area contributed by atoms with Crippen molar-refractivity contribution in [2.45, 2.75) is 45.4 Å². The van der Waals surface area contributed by atoms with Gasteiger partial charge < -0.3 is 20.5 Å². The summed E-state index contributed by atoms with van der Waals surface area (Å²) in [7, 11) is 0. The Kier molecular flexibility index (Phi) is 4.47. The zero-order chi connectivity index (χ0) is 15.9. The largest absolute Gasteiger partial charge is 0.390 e. The van der Waals surface area contributed by atoms with E-state index in [4.69, 9.17) is 10.5 Å². The van der Waals surface area contributed by atoms with Crippen molar-refractivity contribution in [3.63, 3.8) is 0 Å². The number of nitrogens with two attached hydrogens (primary N) is 1. The number of aromatic nitrogens is 1. The summed E-state index contributed by atoms with van der Waals surface area (Å²) in [5, 5.41) is 9.60. The molecule has 0 bridgehead atoms. The van der Waals surface area contributed by atoms with Crippen LogP contribution in [0, 0.1) is 12.3 Å². The van der Waals surface area contributed by atoms with Crippen LogP contribution in [0.2, 0.25) is 0 Å². The highest BCUT2D eigenvalue weighted by Gasteiger charge is 2.47. The van der Waals surface area contributed by atoms with Gasteiger partial charge in [0, 0.05) is 24.5 Å². The Morgan fingerprint density at radius 3 is 2.73 bits per heavy atom. The topological polar surface area (TPSA) is 71.6 Å². The fourth-order valence-corrected chi connectivity index (χ4v) is 4.00. The summed E-state index contributed by atoms with van der Waals surface area (Å²) in [5.41, 5.74) is 9.34. The molecule has 0 radical (unpaired) electrons. The van der Waals surface area contributed by atoms with E-state index in [0.717, 1.165) is 54.1 Å². The number of hydrogen-bond donors (Lipinski definition) is 2. The van der Waals surface area contributed by atoms with E-state index in [0.29, 0.717) is 0 Å². The zero-order valence-electron chi connectivity index (χ0n) is 13.2. The molecule has 6 heteroatoms. The van der Waals surface area contributed by atoms with Gasteiger partial charge in [-0.05, 0) is 54.2 Å². The minimum atomic E-state index is -0.0461. The monoisotopic (exact) mass is 369 g/mol. The van der Waals surface area contributed by atoms with Crippen molar-refractivity contribution in [3.8, 4) is 0 Å². The van der Waals surface area contributed by atoms with E-state index in [9.17, 15) is 5.11 Å². The quantitative estimate of drug-likeness (QED) is 0.779. The molecule has 22 heavy (non-hydrogen) atoms. The van der Waals surface area contributed by atoms with Crippen molar-refractivity contribution >= 4 is 21.6 Å². The Labute approximate surface area is 140 Å². The number of aliphatic hydroxyl groups is 1. The third-order valence-corrected chi connectivity index (χ3v) is 6.11. The van der Waals surface area contributed by atoms with E-state index in [1.807, 2.05) is 6.92 Å². The van der Waals surface area contributed by atoms with Crippen LogP contribution >= 0.6 is 15.9 Å². The molecular weight excluding hydrogens is 346 g/mol. The number of anilines is 1. The molecule has 2 aliphatic heterocycles. The molecule has 5 nitrogen and oxygen atoms in total. The summed E-state index contributed by atoms with van der Waals surface area (Å²) in [6, 6.07) is 2.23. The second-order valence-corrected chi connectivity index (χ2v) is 7.36. The van der Waals surface area contributed by atoms with Crippen LogP contribution in [0.1, 0.15) is 31.0 Å². The van der Waals surface area contributed by atoms with E-state index in [1.54, 1.807) is 0 Å². The molecule has 1 aromatic heterocycles. The Morgan fingerprint density at radius 2 is 2.18 bits per heavy atom. The van der Waals surface area contributed by atoms with Gasteiger partial charge in [0.15, 0.2) is 0 Å². The summed E-state index contributed by atoms with van der Waals surface area (Å²) in [4.78, 5) is 6.78. The van der Waals surface area contributed by atoms with Crippen LogP contribution in [0.3, 0.4) is 0 Å². The molecule has 2 aliphatic rings. The molecule has 3 heterocycles. The standard InChI is InChI=1S/C16H24BrN3O2/c1-10-7-13(12(8-21)19-15(10)17)20-5-3-16(4-6-20)9-22-11(2)14(16)18/h7,11,14,21H,3-6,8-9,18H2,1-2H3. The summed E-state index contributed by atoms with van der Waals surface area (Å²) >= 11 is 3.43. The fourth-order valence-electron chi connectivity index (χ4n) is 3.67. The normalized spacial score (nSPS) is 27.6. The van der Waals surface area contributed by atoms with Crippen molar-refractivity contribution in [1.29, 1.82) is 0 Å². The van der Waals surface area contributed by atoms with Crippen LogP contribution in [-0.2, 0) is 11.3 Å². The van der Waals surface area contributed by atoms with Gasteiger partial charge >= 0.3 is 0 Å². The molecule has 3 N–H and O–H groups in total. The van der Waals surface area contributed by atoms with Crippen LogP contribution < -0.4 is 10.6 Å². The van der Waals surface area contributed by atoms with Crippen LogP contribution in [0.5, 0.6) is 0 Å². The van der Waals surface area contributed by atoms with Crippen molar-refractivity contribution in [2.75, 3.05) is 24.6 Å². The Balaban J connectivity index is 1.78. The van der Waals surface area contributed by atoms with E-state index < -0.39 is 0 Å². The molecule has 0 saturated carbocycles. The average Bonchev–Trinajstić information content (AvgIpc) is 2.79. The Morgan fingerprint density at radius 1 is 1.50 bits per heavy atom. The molecule has 2 atom stereocenters. The lowest BCUT2D eigenvalue weighted by molar-refractivity contribution is 0.0974. The number of aliphatic hydroxyl groups excluding tert-OH is 1. The van der Waals surface area contributed by atoms with Crippen LogP contribution in [0.25, 0.3) is 0 Å². The van der Waals surface area contributed by atoms with Gasteiger partial charge in [-0.2, -0.15) is 0 Å². The molecule has 1 aromatic rings. The highest BCUT2D eigenvalue weighted by molar-refractivity contribution is 9.10. The lowest BCUT2D eigenvalue weighted by Gasteiger charge is -2.42. The number of rotatable bonds is 2. The number of piperidine rings is 1. The molecule has 0 aromatic carbocycles. The third kappa shape index (κ3) is 2.66. The van der Waals surface area contributed by atoms with Gasteiger partial charge in [-0.3, -0.25) is 0 Å². The number of ether oxygens (including phenoxy) is 1. The summed E-state index contributed by atoms with van der Waals surface area (Å²) in [6.07, 6.45) is 2.20. The van der Waals surface area contributed by atoms with Gasteiger partial charge in [0.05, 0.1) is 30.7 Å². The van der Waals surface area contributed by atoms with Crippen LogP contribution in [0.4, 0.5) is 5.69 Å². The van der Waals surface area contributed by atoms with Crippen LogP contribution in [0.15, 0.2) is 10.7 Å². The molecule has 2 saturated heterocycles. The molecule has 2 unspecified atom stereocenters. The summed E-state index contributed by atoms with van der Waals surface area (Å²) < 4.78 is 6.58. The molecule has 0 amide bonds. The van der Waals surface area contributed by atoms with E-state index >= 15 is 0 Å². The van der Waals surface area contributed by atoms with Gasteiger partial charge in [0.25, 0.3) is 0 Å². The number of aryl methyl sites for hydroxylation is 1. The summed E-state index contributed by atoms with van der Waals surface area (Å²) in [5.74, 6) is 0. The predicted molar refractivity (Wildman–Crippen MR) is 89.9 cm³/mol. The van der Waals surface area contributed by atoms with Crippen molar-refractivity contribution in [3.05, 3.63) is 21.9 Å². The SMILES string of the molecule is Cc1cc(N2CCC3(CC2)COC(C)C3N)c(CO)nc1Br. The Bertz CT molecular complexity index is 559. The molecule has 2 fully saturated rings. The first-order valence-electron chi connectivity index (χ1n) is 7.86. The minimum absolute atomic E-state index is 0.0461. The highest BCUT2D eigenvalue weighted by Crippen LogP contribution is 2.42. The number of halogens is 1. The fraction of sp³-hybridized carbons (Fsp3) is 0.688. The van der Waals surface area contributed by atoms with Gasteiger partial charge in [-0.1, -0.05) is 0 Å². The molecule has 3 rings (SSSR count). The van der Waals surface area contributed by atoms with Gasteiger partial charge in [0.2, 0.25) is 0 Å². The highest BCUT2D eigenvalue weighted by atomic mass is 79.9. The third-order valence-electron chi connectivity index (χ3n) is 5.30. The van der Waals surface area contributed by atoms with E-state index in [-0.39, 0.29) is 24.2 Å². The second-order valence-electron chi connectivity index (χ2n) is 6.61. The number of hydrogen-bond acceptors (Lipinski definition) is 5. The molecule has 122 valence electrons. The maximum Gasteiger partial charge on any atom is 0.109 e. The maximum atomic E-state index is 9.60. The summed E-state index contributed by atoms with van der Waals surface area (Å²) in [6.45, 7) is 6.68. The van der Waals surface area contributed by atoms with Crippen LogP contribution in [-0.4, -0.2) is 41.9 Å². The van der Waals surface area contributed by atoms with E-state index in [1.165, 1.54) is 0 Å². The Hall–Kier alpha value is -0.690. The average molecular weight is 370 g/mol. The first kappa shape index (κ1) is 16.2.